The minimum absolute atomic E-state index is 0.123. The van der Waals surface area contributed by atoms with Gasteiger partial charge in [0, 0.05) is 6.61 Å². The molecule has 1 saturated heterocycles. The summed E-state index contributed by atoms with van der Waals surface area (Å²) in [7, 11) is 0. The van der Waals surface area contributed by atoms with Gasteiger partial charge in [-0.1, -0.05) is 71.1 Å². The van der Waals surface area contributed by atoms with E-state index in [0.717, 1.165) is 18.9 Å². The first-order valence-electron chi connectivity index (χ1n) is 8.59. The maximum absolute atomic E-state index is 9.11. The standard InChI is InChI=1S/C17H34O2/c1-2-3-4-5-6-7-8-9-10-11-16-12-13-19-17(14-16)15-18/h16-18H,2-15H2,1H3. The van der Waals surface area contributed by atoms with E-state index in [-0.39, 0.29) is 12.7 Å². The molecule has 1 rings (SSSR count). The molecule has 0 amide bonds. The van der Waals surface area contributed by atoms with Gasteiger partial charge in [-0.15, -0.1) is 0 Å². The predicted molar refractivity (Wildman–Crippen MR) is 81.4 cm³/mol. The zero-order valence-electron chi connectivity index (χ0n) is 12.9. The second kappa shape index (κ2) is 11.7. The van der Waals surface area contributed by atoms with Crippen molar-refractivity contribution in [3.63, 3.8) is 0 Å². The molecule has 0 saturated carbocycles. The highest BCUT2D eigenvalue weighted by Gasteiger charge is 2.21. The van der Waals surface area contributed by atoms with Gasteiger partial charge in [-0.2, -0.15) is 0 Å². The van der Waals surface area contributed by atoms with E-state index in [1.54, 1.807) is 0 Å². The highest BCUT2D eigenvalue weighted by atomic mass is 16.5. The van der Waals surface area contributed by atoms with Gasteiger partial charge in [0.25, 0.3) is 0 Å². The van der Waals surface area contributed by atoms with Crippen LogP contribution >= 0.6 is 0 Å². The lowest BCUT2D eigenvalue weighted by molar-refractivity contribution is -0.0392. The molecule has 0 aliphatic carbocycles. The minimum atomic E-state index is 0.123. The fraction of sp³-hybridized carbons (Fsp3) is 1.00. The molecule has 1 heterocycles. The molecule has 114 valence electrons. The van der Waals surface area contributed by atoms with Crippen LogP contribution in [0.3, 0.4) is 0 Å². The third-order valence-corrected chi connectivity index (χ3v) is 4.40. The van der Waals surface area contributed by atoms with Crippen LogP contribution in [0.2, 0.25) is 0 Å². The number of unbranched alkanes of at least 4 members (excludes halogenated alkanes) is 8. The Bertz CT molecular complexity index is 194. The Hall–Kier alpha value is -0.0800. The van der Waals surface area contributed by atoms with Crippen LogP contribution in [0.4, 0.5) is 0 Å². The Morgan fingerprint density at radius 1 is 0.947 bits per heavy atom. The summed E-state index contributed by atoms with van der Waals surface area (Å²) in [4.78, 5) is 0. The molecule has 2 unspecified atom stereocenters. The van der Waals surface area contributed by atoms with Crippen molar-refractivity contribution in [1.82, 2.24) is 0 Å². The second-order valence-corrected chi connectivity index (χ2v) is 6.18. The number of aliphatic hydroxyl groups is 1. The molecule has 0 aromatic carbocycles. The van der Waals surface area contributed by atoms with Crippen molar-refractivity contribution in [2.75, 3.05) is 13.2 Å². The van der Waals surface area contributed by atoms with E-state index < -0.39 is 0 Å². The lowest BCUT2D eigenvalue weighted by Gasteiger charge is -2.28. The third-order valence-electron chi connectivity index (χ3n) is 4.40. The molecular weight excluding hydrogens is 236 g/mol. The largest absolute Gasteiger partial charge is 0.394 e. The zero-order valence-corrected chi connectivity index (χ0v) is 12.9. The molecule has 2 atom stereocenters. The van der Waals surface area contributed by atoms with Crippen molar-refractivity contribution in [2.24, 2.45) is 5.92 Å². The Balaban J connectivity index is 1.85. The molecule has 0 aromatic heterocycles. The van der Waals surface area contributed by atoms with Crippen molar-refractivity contribution in [2.45, 2.75) is 90.1 Å². The van der Waals surface area contributed by atoms with Crippen LogP contribution < -0.4 is 0 Å². The van der Waals surface area contributed by atoms with Gasteiger partial charge in [0.1, 0.15) is 0 Å². The molecule has 1 fully saturated rings. The molecule has 0 bridgehead atoms. The van der Waals surface area contributed by atoms with Crippen LogP contribution in [-0.4, -0.2) is 24.4 Å². The summed E-state index contributed by atoms with van der Waals surface area (Å²) in [6.45, 7) is 3.33. The maximum atomic E-state index is 9.11. The Morgan fingerprint density at radius 2 is 1.58 bits per heavy atom. The molecular formula is C17H34O2. The SMILES string of the molecule is CCCCCCCCCCCC1CCOC(CO)C1. The van der Waals surface area contributed by atoms with Gasteiger partial charge >= 0.3 is 0 Å². The molecule has 1 N–H and O–H groups in total. The van der Waals surface area contributed by atoms with E-state index in [4.69, 9.17) is 9.84 Å². The highest BCUT2D eigenvalue weighted by molar-refractivity contribution is 4.71. The van der Waals surface area contributed by atoms with Crippen molar-refractivity contribution in [3.8, 4) is 0 Å². The fourth-order valence-electron chi connectivity index (χ4n) is 3.09. The van der Waals surface area contributed by atoms with Crippen molar-refractivity contribution in [1.29, 1.82) is 0 Å². The first kappa shape index (κ1) is 17.0. The summed E-state index contributed by atoms with van der Waals surface area (Å²) < 4.78 is 5.50. The smallest absolute Gasteiger partial charge is 0.0808 e. The highest BCUT2D eigenvalue weighted by Crippen LogP contribution is 2.25. The van der Waals surface area contributed by atoms with Gasteiger partial charge in [-0.25, -0.2) is 0 Å². The summed E-state index contributed by atoms with van der Waals surface area (Å²) in [5.74, 6) is 0.801. The van der Waals surface area contributed by atoms with E-state index in [1.807, 2.05) is 0 Å². The quantitative estimate of drug-likeness (QED) is 0.552. The monoisotopic (exact) mass is 270 g/mol. The van der Waals surface area contributed by atoms with Gasteiger partial charge in [0.05, 0.1) is 12.7 Å². The molecule has 2 heteroatoms. The number of rotatable bonds is 11. The van der Waals surface area contributed by atoms with Crippen molar-refractivity contribution >= 4 is 0 Å². The van der Waals surface area contributed by atoms with E-state index in [2.05, 4.69) is 6.92 Å². The number of hydrogen-bond acceptors (Lipinski definition) is 2. The first-order valence-corrected chi connectivity index (χ1v) is 8.59. The van der Waals surface area contributed by atoms with Crippen LogP contribution in [-0.2, 0) is 4.74 Å². The van der Waals surface area contributed by atoms with Gasteiger partial charge < -0.3 is 9.84 Å². The predicted octanol–water partition coefficient (Wildman–Crippen LogP) is 4.69. The topological polar surface area (TPSA) is 29.5 Å². The van der Waals surface area contributed by atoms with Crippen LogP contribution in [0, 0.1) is 5.92 Å². The summed E-state index contributed by atoms with van der Waals surface area (Å²) in [5, 5.41) is 9.11. The van der Waals surface area contributed by atoms with Crippen LogP contribution in [0.25, 0.3) is 0 Å². The van der Waals surface area contributed by atoms with Gasteiger partial charge in [-0.3, -0.25) is 0 Å². The number of ether oxygens (including phenoxy) is 1. The lowest BCUT2D eigenvalue weighted by Crippen LogP contribution is -2.28. The van der Waals surface area contributed by atoms with Crippen LogP contribution in [0.15, 0.2) is 0 Å². The van der Waals surface area contributed by atoms with Crippen molar-refractivity contribution < 1.29 is 9.84 Å². The Labute approximate surface area is 119 Å². The molecule has 0 radical (unpaired) electrons. The van der Waals surface area contributed by atoms with Gasteiger partial charge in [0.15, 0.2) is 0 Å². The van der Waals surface area contributed by atoms with Gasteiger partial charge in [-0.05, 0) is 18.8 Å². The normalized spacial score (nSPS) is 23.7. The Morgan fingerprint density at radius 3 is 2.21 bits per heavy atom. The summed E-state index contributed by atoms with van der Waals surface area (Å²) >= 11 is 0. The minimum Gasteiger partial charge on any atom is -0.394 e. The zero-order chi connectivity index (χ0) is 13.8. The van der Waals surface area contributed by atoms with Gasteiger partial charge in [0.2, 0.25) is 0 Å². The Kier molecular flexibility index (Phi) is 10.5. The summed E-state index contributed by atoms with van der Waals surface area (Å²) in [6, 6.07) is 0. The van der Waals surface area contributed by atoms with E-state index in [9.17, 15) is 0 Å². The first-order chi connectivity index (χ1) is 9.36. The maximum Gasteiger partial charge on any atom is 0.0808 e. The molecule has 1 aliphatic rings. The van der Waals surface area contributed by atoms with E-state index in [0.29, 0.717) is 0 Å². The molecule has 1 aliphatic heterocycles. The van der Waals surface area contributed by atoms with Crippen LogP contribution in [0.1, 0.15) is 84.0 Å². The summed E-state index contributed by atoms with van der Waals surface area (Å²) in [5.41, 5.74) is 0. The number of aliphatic hydroxyl groups excluding tert-OH is 1. The van der Waals surface area contributed by atoms with Crippen LogP contribution in [0.5, 0.6) is 0 Å². The van der Waals surface area contributed by atoms with Crippen molar-refractivity contribution in [3.05, 3.63) is 0 Å². The number of hydrogen-bond donors (Lipinski definition) is 1. The fourth-order valence-corrected chi connectivity index (χ4v) is 3.09. The average Bonchev–Trinajstić information content (AvgIpc) is 2.46. The van der Waals surface area contributed by atoms with E-state index in [1.165, 1.54) is 70.6 Å². The molecule has 0 spiro atoms. The lowest BCUT2D eigenvalue weighted by atomic mass is 9.90. The molecule has 0 aromatic rings. The van der Waals surface area contributed by atoms with E-state index >= 15 is 0 Å². The molecule has 19 heavy (non-hydrogen) atoms. The molecule has 2 nitrogen and oxygen atoms in total. The summed E-state index contributed by atoms with van der Waals surface area (Å²) in [6.07, 6.45) is 16.4. The average molecular weight is 270 g/mol. The second-order valence-electron chi connectivity index (χ2n) is 6.18. The third kappa shape index (κ3) is 8.65.